The lowest BCUT2D eigenvalue weighted by molar-refractivity contribution is -0.130. The van der Waals surface area contributed by atoms with Crippen LogP contribution in [-0.2, 0) is 9.59 Å². The smallest absolute Gasteiger partial charge is 0.267 e. The Morgan fingerprint density at radius 2 is 1.92 bits per heavy atom. The van der Waals surface area contributed by atoms with Gasteiger partial charge < -0.3 is 5.32 Å². The number of carbonyl (C=O) groups excluding carboxylic acids is 2. The van der Waals surface area contributed by atoms with Crippen molar-refractivity contribution in [3.05, 3.63) is 35.9 Å². The molecule has 6 nitrogen and oxygen atoms in total. The summed E-state index contributed by atoms with van der Waals surface area (Å²) in [4.78, 5) is 26.2. The molecular formula is C18H26N4O2. The number of nitrogens with zero attached hydrogens (tertiary/aromatic N) is 3. The molecule has 0 aromatic heterocycles. The van der Waals surface area contributed by atoms with Gasteiger partial charge in [0.15, 0.2) is 0 Å². The largest absolute Gasteiger partial charge is 0.349 e. The van der Waals surface area contributed by atoms with Crippen LogP contribution in [0, 0.1) is 0 Å². The molecule has 1 aliphatic rings. The molecule has 6 heteroatoms. The van der Waals surface area contributed by atoms with Gasteiger partial charge in [-0.05, 0) is 18.7 Å². The molecule has 1 aliphatic heterocycles. The standard InChI is InChI=1S/C18H26N4O2/c1-4-22(5-2)16(14-9-7-6-8-10-14)13-19-18(24)15-11-12-17(23)21(3)20-15/h6-10,16H,4-5,11-13H2,1-3H3,(H,19,24). The lowest BCUT2D eigenvalue weighted by Gasteiger charge is -2.30. The predicted octanol–water partition coefficient (Wildman–Crippen LogP) is 1.79. The van der Waals surface area contributed by atoms with E-state index in [1.54, 1.807) is 7.05 Å². The summed E-state index contributed by atoms with van der Waals surface area (Å²) < 4.78 is 0. The third kappa shape index (κ3) is 4.41. The van der Waals surface area contributed by atoms with Crippen LogP contribution in [0.3, 0.4) is 0 Å². The van der Waals surface area contributed by atoms with E-state index in [1.165, 1.54) is 10.6 Å². The van der Waals surface area contributed by atoms with Crippen molar-refractivity contribution in [3.8, 4) is 0 Å². The minimum absolute atomic E-state index is 0.0585. The Balaban J connectivity index is 2.06. The summed E-state index contributed by atoms with van der Waals surface area (Å²) in [5.41, 5.74) is 1.60. The van der Waals surface area contributed by atoms with E-state index in [1.807, 2.05) is 18.2 Å². The molecule has 0 spiro atoms. The maximum Gasteiger partial charge on any atom is 0.267 e. The highest BCUT2D eigenvalue weighted by molar-refractivity contribution is 6.39. The van der Waals surface area contributed by atoms with Gasteiger partial charge in [0, 0.05) is 26.4 Å². The van der Waals surface area contributed by atoms with Crippen molar-refractivity contribution in [2.24, 2.45) is 5.10 Å². The van der Waals surface area contributed by atoms with E-state index in [4.69, 9.17) is 0 Å². The summed E-state index contributed by atoms with van der Waals surface area (Å²) in [6, 6.07) is 10.3. The maximum atomic E-state index is 12.4. The summed E-state index contributed by atoms with van der Waals surface area (Å²) in [6.07, 6.45) is 0.733. The fourth-order valence-corrected chi connectivity index (χ4v) is 2.92. The molecule has 1 unspecified atom stereocenters. The molecule has 0 saturated heterocycles. The molecule has 1 N–H and O–H groups in total. The lowest BCUT2D eigenvalue weighted by Crippen LogP contribution is -2.42. The zero-order valence-corrected chi connectivity index (χ0v) is 14.7. The number of nitrogens with one attached hydrogen (secondary N) is 1. The Morgan fingerprint density at radius 1 is 1.25 bits per heavy atom. The third-order valence-electron chi connectivity index (χ3n) is 4.36. The topological polar surface area (TPSA) is 65.0 Å². The fourth-order valence-electron chi connectivity index (χ4n) is 2.92. The molecule has 2 rings (SSSR count). The van der Waals surface area contributed by atoms with Crippen LogP contribution >= 0.6 is 0 Å². The number of amides is 2. The first-order chi connectivity index (χ1) is 11.6. The van der Waals surface area contributed by atoms with Gasteiger partial charge >= 0.3 is 0 Å². The third-order valence-corrected chi connectivity index (χ3v) is 4.36. The van der Waals surface area contributed by atoms with Gasteiger partial charge in [0.1, 0.15) is 5.71 Å². The van der Waals surface area contributed by atoms with Crippen molar-refractivity contribution in [1.29, 1.82) is 0 Å². The first-order valence-electron chi connectivity index (χ1n) is 8.48. The summed E-state index contributed by atoms with van der Waals surface area (Å²) in [6.45, 7) is 6.57. The molecule has 0 saturated carbocycles. The Bertz CT molecular complexity index is 596. The van der Waals surface area contributed by atoms with Crippen LogP contribution in [0.5, 0.6) is 0 Å². The van der Waals surface area contributed by atoms with E-state index < -0.39 is 0 Å². The van der Waals surface area contributed by atoms with Crippen LogP contribution in [0.15, 0.2) is 35.4 Å². The maximum absolute atomic E-state index is 12.4. The summed E-state index contributed by atoms with van der Waals surface area (Å²) >= 11 is 0. The highest BCUT2D eigenvalue weighted by Gasteiger charge is 2.24. The van der Waals surface area contributed by atoms with E-state index >= 15 is 0 Å². The molecule has 0 bridgehead atoms. The van der Waals surface area contributed by atoms with Crippen LogP contribution in [0.25, 0.3) is 0 Å². The van der Waals surface area contributed by atoms with E-state index in [9.17, 15) is 9.59 Å². The van der Waals surface area contributed by atoms with Gasteiger partial charge in [-0.25, -0.2) is 5.01 Å². The minimum Gasteiger partial charge on any atom is -0.349 e. The molecule has 24 heavy (non-hydrogen) atoms. The van der Waals surface area contributed by atoms with E-state index in [2.05, 4.69) is 41.3 Å². The van der Waals surface area contributed by atoms with Crippen LogP contribution in [0.4, 0.5) is 0 Å². The normalized spacial score (nSPS) is 16.1. The second-order valence-electron chi connectivity index (χ2n) is 5.82. The quantitative estimate of drug-likeness (QED) is 0.829. The van der Waals surface area contributed by atoms with Gasteiger partial charge in [0.2, 0.25) is 5.91 Å². The number of hydrazone groups is 1. The Hall–Kier alpha value is -2.21. The van der Waals surface area contributed by atoms with Crippen molar-refractivity contribution >= 4 is 17.5 Å². The molecular weight excluding hydrogens is 304 g/mol. The second kappa shape index (κ2) is 8.59. The number of rotatable bonds is 7. The molecule has 2 amide bonds. The number of likely N-dealkylation sites (N-methyl/N-ethyl adjacent to an activating group) is 1. The number of carbonyl (C=O) groups is 2. The highest BCUT2D eigenvalue weighted by atomic mass is 16.2. The zero-order valence-electron chi connectivity index (χ0n) is 14.7. The van der Waals surface area contributed by atoms with E-state index in [0.29, 0.717) is 25.1 Å². The van der Waals surface area contributed by atoms with Crippen LogP contribution in [-0.4, -0.2) is 54.1 Å². The molecule has 1 atom stereocenters. The van der Waals surface area contributed by atoms with E-state index in [-0.39, 0.29) is 17.9 Å². The Morgan fingerprint density at radius 3 is 2.50 bits per heavy atom. The van der Waals surface area contributed by atoms with E-state index in [0.717, 1.165) is 13.1 Å². The van der Waals surface area contributed by atoms with Crippen molar-refractivity contribution in [1.82, 2.24) is 15.2 Å². The monoisotopic (exact) mass is 330 g/mol. The first kappa shape index (κ1) is 18.1. The molecule has 0 fully saturated rings. The molecule has 0 aliphatic carbocycles. The molecule has 130 valence electrons. The van der Waals surface area contributed by atoms with Gasteiger partial charge in [0.05, 0.1) is 6.04 Å². The molecule has 1 aromatic carbocycles. The summed E-state index contributed by atoms with van der Waals surface area (Å²) in [5, 5.41) is 8.31. The average molecular weight is 330 g/mol. The van der Waals surface area contributed by atoms with Gasteiger partial charge in [-0.15, -0.1) is 0 Å². The van der Waals surface area contributed by atoms with Gasteiger partial charge in [-0.1, -0.05) is 44.2 Å². The van der Waals surface area contributed by atoms with Crippen molar-refractivity contribution in [2.45, 2.75) is 32.7 Å². The van der Waals surface area contributed by atoms with Gasteiger partial charge in [-0.3, -0.25) is 14.5 Å². The van der Waals surface area contributed by atoms with Crippen LogP contribution < -0.4 is 5.32 Å². The first-order valence-corrected chi connectivity index (χ1v) is 8.48. The fraction of sp³-hybridized carbons (Fsp3) is 0.500. The zero-order chi connectivity index (χ0) is 17.5. The van der Waals surface area contributed by atoms with Crippen molar-refractivity contribution in [3.63, 3.8) is 0 Å². The molecule has 1 heterocycles. The van der Waals surface area contributed by atoms with Crippen LogP contribution in [0.2, 0.25) is 0 Å². The van der Waals surface area contributed by atoms with Crippen molar-refractivity contribution in [2.75, 3.05) is 26.7 Å². The summed E-state index contributed by atoms with van der Waals surface area (Å²) in [5.74, 6) is -0.251. The number of hydrogen-bond acceptors (Lipinski definition) is 4. The molecule has 1 aromatic rings. The highest BCUT2D eigenvalue weighted by Crippen LogP contribution is 2.19. The predicted molar refractivity (Wildman–Crippen MR) is 94.6 cm³/mol. The average Bonchev–Trinajstić information content (AvgIpc) is 2.61. The molecule has 0 radical (unpaired) electrons. The van der Waals surface area contributed by atoms with Gasteiger partial charge in [-0.2, -0.15) is 5.10 Å². The number of benzene rings is 1. The Kier molecular flexibility index (Phi) is 6.49. The Labute approximate surface area is 143 Å². The van der Waals surface area contributed by atoms with Crippen molar-refractivity contribution < 1.29 is 9.59 Å². The minimum atomic E-state index is -0.192. The lowest BCUT2D eigenvalue weighted by atomic mass is 10.0. The SMILES string of the molecule is CCN(CC)C(CNC(=O)C1=NN(C)C(=O)CC1)c1ccccc1. The number of hydrogen-bond donors (Lipinski definition) is 1. The van der Waals surface area contributed by atoms with Crippen LogP contribution in [0.1, 0.15) is 38.3 Å². The summed E-state index contributed by atoms with van der Waals surface area (Å²) in [7, 11) is 1.58. The van der Waals surface area contributed by atoms with Gasteiger partial charge in [0.25, 0.3) is 5.91 Å². The second-order valence-corrected chi connectivity index (χ2v) is 5.82.